The first-order chi connectivity index (χ1) is 12.3. The minimum atomic E-state index is -3.75. The molecule has 26 heavy (non-hydrogen) atoms. The lowest BCUT2D eigenvalue weighted by atomic mass is 10.2. The molecule has 9 heteroatoms. The molecule has 0 unspecified atom stereocenters. The molecule has 0 bridgehead atoms. The van der Waals surface area contributed by atoms with Crippen LogP contribution in [0.2, 0.25) is 0 Å². The number of nitrogens with zero attached hydrogens (tertiary/aromatic N) is 2. The fourth-order valence-electron chi connectivity index (χ4n) is 3.30. The van der Waals surface area contributed by atoms with Crippen LogP contribution < -0.4 is 21.8 Å². The predicted molar refractivity (Wildman–Crippen MR) is 97.9 cm³/mol. The van der Waals surface area contributed by atoms with Crippen molar-refractivity contribution in [2.24, 2.45) is 5.92 Å². The molecule has 0 radical (unpaired) electrons. The molecule has 2 aliphatic carbocycles. The van der Waals surface area contributed by atoms with Gasteiger partial charge in [0.05, 0.1) is 15.8 Å². The van der Waals surface area contributed by atoms with Gasteiger partial charge in [0.15, 0.2) is 0 Å². The Morgan fingerprint density at radius 1 is 1.27 bits per heavy atom. The van der Waals surface area contributed by atoms with E-state index in [4.69, 9.17) is 5.84 Å². The van der Waals surface area contributed by atoms with E-state index in [9.17, 15) is 18.0 Å². The van der Waals surface area contributed by atoms with Gasteiger partial charge in [-0.15, -0.1) is 0 Å². The largest absolute Gasteiger partial charge is 0.350 e. The normalized spacial score (nSPS) is 19.0. The summed E-state index contributed by atoms with van der Waals surface area (Å²) in [4.78, 5) is 24.8. The molecule has 4 rings (SSSR count). The topological polar surface area (TPSA) is 116 Å². The van der Waals surface area contributed by atoms with Gasteiger partial charge in [0, 0.05) is 12.1 Å². The maximum absolute atomic E-state index is 12.7. The first-order valence-electron chi connectivity index (χ1n) is 8.85. The summed E-state index contributed by atoms with van der Waals surface area (Å²) in [6.07, 6.45) is 4.41. The van der Waals surface area contributed by atoms with Gasteiger partial charge in [-0.3, -0.25) is 9.36 Å². The Labute approximate surface area is 150 Å². The number of nitrogens with two attached hydrogens (primary N) is 1. The van der Waals surface area contributed by atoms with Gasteiger partial charge < -0.3 is 5.84 Å². The number of benzene rings is 1. The summed E-state index contributed by atoms with van der Waals surface area (Å²) >= 11 is 0. The Morgan fingerprint density at radius 3 is 2.54 bits per heavy atom. The van der Waals surface area contributed by atoms with E-state index in [-0.39, 0.29) is 15.8 Å². The summed E-state index contributed by atoms with van der Waals surface area (Å²) < 4.78 is 30.2. The number of fused-ring (bicyclic) bond motifs is 1. The monoisotopic (exact) mass is 378 g/mol. The zero-order valence-corrected chi connectivity index (χ0v) is 15.4. The molecule has 140 valence electrons. The van der Waals surface area contributed by atoms with E-state index < -0.39 is 21.3 Å². The van der Waals surface area contributed by atoms with Gasteiger partial charge in [-0.1, -0.05) is 6.92 Å². The lowest BCUT2D eigenvalue weighted by Crippen LogP contribution is -2.45. The molecule has 8 nitrogen and oxygen atoms in total. The molecule has 0 amide bonds. The highest BCUT2D eigenvalue weighted by atomic mass is 32.2. The average molecular weight is 378 g/mol. The number of nitrogens with one attached hydrogen (secondary N) is 1. The first-order valence-corrected chi connectivity index (χ1v) is 10.3. The minimum Gasteiger partial charge on any atom is -0.332 e. The Bertz CT molecular complexity index is 1110. The summed E-state index contributed by atoms with van der Waals surface area (Å²) in [5.41, 5.74) is -1.21. The van der Waals surface area contributed by atoms with E-state index in [0.717, 1.165) is 32.1 Å². The van der Waals surface area contributed by atoms with Crippen LogP contribution in [-0.2, 0) is 16.6 Å². The molecule has 1 heterocycles. The van der Waals surface area contributed by atoms with Crippen LogP contribution in [0.4, 0.5) is 0 Å². The lowest BCUT2D eigenvalue weighted by Gasteiger charge is -2.16. The molecule has 0 saturated heterocycles. The number of rotatable bonds is 6. The number of hydrogen-bond donors (Lipinski definition) is 2. The van der Waals surface area contributed by atoms with Crippen LogP contribution in [0.25, 0.3) is 10.9 Å². The van der Waals surface area contributed by atoms with Crippen molar-refractivity contribution in [3.8, 4) is 0 Å². The van der Waals surface area contributed by atoms with E-state index in [1.807, 2.05) is 6.92 Å². The number of hydrogen-bond acceptors (Lipinski definition) is 5. The quantitative estimate of drug-likeness (QED) is 0.711. The maximum Gasteiger partial charge on any atom is 0.350 e. The third-order valence-electron chi connectivity index (χ3n) is 5.47. The molecule has 2 aromatic rings. The molecule has 0 aliphatic heterocycles. The molecular weight excluding hydrogens is 356 g/mol. The van der Waals surface area contributed by atoms with Crippen LogP contribution in [-0.4, -0.2) is 23.2 Å². The molecule has 1 aromatic carbocycles. The summed E-state index contributed by atoms with van der Waals surface area (Å²) in [5.74, 6) is 6.04. The van der Waals surface area contributed by atoms with Crippen molar-refractivity contribution in [2.45, 2.75) is 56.0 Å². The van der Waals surface area contributed by atoms with Gasteiger partial charge >= 0.3 is 5.69 Å². The van der Waals surface area contributed by atoms with Crippen LogP contribution in [0.3, 0.4) is 0 Å². The zero-order chi connectivity index (χ0) is 18.7. The number of nitrogen functional groups attached to an aromatic ring is 1. The van der Waals surface area contributed by atoms with Gasteiger partial charge in [0.25, 0.3) is 5.56 Å². The van der Waals surface area contributed by atoms with Gasteiger partial charge in [-0.05, 0) is 56.2 Å². The Hall–Kier alpha value is -2.13. The maximum atomic E-state index is 12.7. The Balaban J connectivity index is 1.84. The summed E-state index contributed by atoms with van der Waals surface area (Å²) in [6.45, 7) is 2.43. The van der Waals surface area contributed by atoms with Gasteiger partial charge in [-0.25, -0.2) is 17.9 Å². The summed E-state index contributed by atoms with van der Waals surface area (Å²) in [7, 11) is -3.75. The van der Waals surface area contributed by atoms with Crippen molar-refractivity contribution in [1.29, 1.82) is 0 Å². The second-order valence-corrected chi connectivity index (χ2v) is 9.11. The minimum absolute atomic E-state index is 0.0124. The predicted octanol–water partition coefficient (Wildman–Crippen LogP) is 0.508. The van der Waals surface area contributed by atoms with Crippen molar-refractivity contribution in [2.75, 3.05) is 5.84 Å². The van der Waals surface area contributed by atoms with Gasteiger partial charge in [-0.2, -0.15) is 4.68 Å². The standard InChI is InChI=1S/C17H22N4O4S/c1-2-17(7-8-17)19-26(24,25)12-5-6-14-13(9-12)15(22)21(18)16(23)20(14)10-11-3-4-11/h5-6,9,11,19H,2-4,7-8,10,18H2,1H3. The summed E-state index contributed by atoms with van der Waals surface area (Å²) in [6, 6.07) is 4.29. The van der Waals surface area contributed by atoms with Crippen molar-refractivity contribution in [3.63, 3.8) is 0 Å². The summed E-state index contributed by atoms with van der Waals surface area (Å²) in [5, 5.41) is 0.136. The van der Waals surface area contributed by atoms with Crippen molar-refractivity contribution in [3.05, 3.63) is 39.0 Å². The van der Waals surface area contributed by atoms with Crippen molar-refractivity contribution >= 4 is 20.9 Å². The molecule has 1 aromatic heterocycles. The smallest absolute Gasteiger partial charge is 0.332 e. The average Bonchev–Trinajstić information content (AvgIpc) is 3.53. The molecular formula is C17H22N4O4S. The van der Waals surface area contributed by atoms with E-state index in [1.54, 1.807) is 0 Å². The zero-order valence-electron chi connectivity index (χ0n) is 14.6. The van der Waals surface area contributed by atoms with Gasteiger partial charge in [0.1, 0.15) is 0 Å². The van der Waals surface area contributed by atoms with E-state index in [1.165, 1.54) is 22.8 Å². The number of aromatic nitrogens is 2. The highest BCUT2D eigenvalue weighted by molar-refractivity contribution is 7.89. The van der Waals surface area contributed by atoms with Crippen LogP contribution in [0.15, 0.2) is 32.7 Å². The third kappa shape index (κ3) is 2.84. The molecule has 2 saturated carbocycles. The molecule has 0 atom stereocenters. The fourth-order valence-corrected chi connectivity index (χ4v) is 4.85. The molecule has 0 spiro atoms. The Morgan fingerprint density at radius 2 is 1.96 bits per heavy atom. The second-order valence-electron chi connectivity index (χ2n) is 7.43. The third-order valence-corrected chi connectivity index (χ3v) is 7.05. The van der Waals surface area contributed by atoms with Crippen molar-refractivity contribution < 1.29 is 8.42 Å². The highest BCUT2D eigenvalue weighted by Crippen LogP contribution is 2.39. The van der Waals surface area contributed by atoms with Gasteiger partial charge in [0.2, 0.25) is 10.0 Å². The first kappa shape index (κ1) is 17.3. The fraction of sp³-hybridized carbons (Fsp3) is 0.529. The van der Waals surface area contributed by atoms with Crippen LogP contribution >= 0.6 is 0 Å². The van der Waals surface area contributed by atoms with Crippen LogP contribution in [0.1, 0.15) is 39.0 Å². The van der Waals surface area contributed by atoms with E-state index >= 15 is 0 Å². The van der Waals surface area contributed by atoms with E-state index in [2.05, 4.69) is 4.72 Å². The second kappa shape index (κ2) is 5.68. The molecule has 3 N–H and O–H groups in total. The number of sulfonamides is 1. The SMILES string of the molecule is CCC1(NS(=O)(=O)c2ccc3c(c2)c(=O)n(N)c(=O)n3CC2CC2)CC1. The lowest BCUT2D eigenvalue weighted by molar-refractivity contribution is 0.532. The van der Waals surface area contributed by atoms with Crippen molar-refractivity contribution in [1.82, 2.24) is 14.0 Å². The molecule has 2 fully saturated rings. The Kier molecular flexibility index (Phi) is 3.78. The highest BCUT2D eigenvalue weighted by Gasteiger charge is 2.44. The van der Waals surface area contributed by atoms with E-state index in [0.29, 0.717) is 22.7 Å². The molecule has 2 aliphatic rings. The van der Waals surface area contributed by atoms with Crippen LogP contribution in [0, 0.1) is 5.92 Å². The van der Waals surface area contributed by atoms with Crippen LogP contribution in [0.5, 0.6) is 0 Å².